The summed E-state index contributed by atoms with van der Waals surface area (Å²) in [5.74, 6) is 0.334. The summed E-state index contributed by atoms with van der Waals surface area (Å²) in [5, 5.41) is 10.8. The molecule has 0 bridgehead atoms. The highest BCUT2D eigenvalue weighted by atomic mass is 16.5. The molecule has 1 rings (SSSR count). The van der Waals surface area contributed by atoms with Crippen molar-refractivity contribution >= 4 is 0 Å². The molecule has 54 valence electrons. The number of rotatable bonds is 1. The van der Waals surface area contributed by atoms with Crippen LogP contribution in [0, 0.1) is 12.1 Å². The van der Waals surface area contributed by atoms with E-state index >= 15 is 0 Å². The van der Waals surface area contributed by atoms with Crippen LogP contribution in [0.25, 0.3) is 0 Å². The molecule has 1 aromatic heterocycles. The van der Waals surface area contributed by atoms with Crippen LogP contribution in [-0.4, -0.2) is 12.1 Å². The van der Waals surface area contributed by atoms with Gasteiger partial charge in [0.05, 0.1) is 13.3 Å². The molecule has 0 aromatic carbocycles. The molecular formula is C6H8N2O2. The third kappa shape index (κ3) is 1.15. The Kier molecular flexibility index (Phi) is 1.71. The number of aryl methyl sites for hydroxylation is 1. The molecular weight excluding hydrogens is 132 g/mol. The van der Waals surface area contributed by atoms with Gasteiger partial charge in [0.1, 0.15) is 0 Å². The molecule has 0 saturated carbocycles. The van der Waals surface area contributed by atoms with Gasteiger partial charge in [-0.05, 0) is 0 Å². The van der Waals surface area contributed by atoms with E-state index in [1.165, 1.54) is 19.5 Å². The van der Waals surface area contributed by atoms with Gasteiger partial charge in [0.2, 0.25) is 11.9 Å². The molecule has 0 spiro atoms. The van der Waals surface area contributed by atoms with E-state index in [2.05, 4.69) is 4.98 Å². The summed E-state index contributed by atoms with van der Waals surface area (Å²) in [6.45, 7) is 1.68. The minimum Gasteiger partial charge on any atom is -0.618 e. The predicted octanol–water partition coefficient (Wildman–Crippen LogP) is 0.0320. The summed E-state index contributed by atoms with van der Waals surface area (Å²) < 4.78 is 5.43. The van der Waals surface area contributed by atoms with Crippen LogP contribution >= 0.6 is 0 Å². The Hall–Kier alpha value is -1.32. The van der Waals surface area contributed by atoms with E-state index in [9.17, 15) is 5.21 Å². The highest BCUT2D eigenvalue weighted by molar-refractivity contribution is 4.99. The maximum Gasteiger partial charge on any atom is 0.280 e. The Morgan fingerprint density at radius 3 is 2.90 bits per heavy atom. The molecule has 0 fully saturated rings. The molecule has 0 saturated heterocycles. The Morgan fingerprint density at radius 2 is 2.40 bits per heavy atom. The van der Waals surface area contributed by atoms with Crippen molar-refractivity contribution in [2.24, 2.45) is 0 Å². The summed E-state index contributed by atoms with van der Waals surface area (Å²) in [6.07, 6.45) is 2.75. The SMILES string of the molecule is COc1c[n+]([O-])c(C)cn1. The van der Waals surface area contributed by atoms with Gasteiger partial charge in [-0.25, -0.2) is 4.98 Å². The van der Waals surface area contributed by atoms with Gasteiger partial charge >= 0.3 is 0 Å². The fourth-order valence-corrected chi connectivity index (χ4v) is 0.555. The number of nitrogens with zero attached hydrogens (tertiary/aromatic N) is 2. The zero-order chi connectivity index (χ0) is 7.56. The third-order valence-corrected chi connectivity index (χ3v) is 1.16. The Balaban J connectivity index is 3.04. The first kappa shape index (κ1) is 6.80. The lowest BCUT2D eigenvalue weighted by atomic mass is 10.5. The lowest BCUT2D eigenvalue weighted by Gasteiger charge is -2.00. The minimum absolute atomic E-state index is 0.334. The smallest absolute Gasteiger partial charge is 0.280 e. The third-order valence-electron chi connectivity index (χ3n) is 1.16. The number of aromatic nitrogens is 2. The quantitative estimate of drug-likeness (QED) is 0.408. The average Bonchev–Trinajstić information content (AvgIpc) is 1.95. The van der Waals surface area contributed by atoms with Crippen LogP contribution in [0.1, 0.15) is 5.69 Å². The molecule has 1 aromatic rings. The van der Waals surface area contributed by atoms with Crippen LogP contribution in [-0.2, 0) is 0 Å². The Bertz CT molecular complexity index is 237. The van der Waals surface area contributed by atoms with Crippen molar-refractivity contribution in [3.63, 3.8) is 0 Å². The van der Waals surface area contributed by atoms with E-state index < -0.39 is 0 Å². The second kappa shape index (κ2) is 2.51. The minimum atomic E-state index is 0.334. The van der Waals surface area contributed by atoms with E-state index in [0.29, 0.717) is 16.3 Å². The second-order valence-electron chi connectivity index (χ2n) is 1.90. The molecule has 10 heavy (non-hydrogen) atoms. The highest BCUT2D eigenvalue weighted by Gasteiger charge is 2.00. The highest BCUT2D eigenvalue weighted by Crippen LogP contribution is 1.98. The molecule has 0 N–H and O–H groups in total. The number of hydrogen-bond acceptors (Lipinski definition) is 3. The second-order valence-corrected chi connectivity index (χ2v) is 1.90. The van der Waals surface area contributed by atoms with Gasteiger partial charge in [-0.1, -0.05) is 0 Å². The maximum absolute atomic E-state index is 10.8. The molecule has 1 heterocycles. The van der Waals surface area contributed by atoms with Gasteiger partial charge in [-0.3, -0.25) is 0 Å². The molecule has 0 atom stereocenters. The standard InChI is InChI=1S/C6H8N2O2/c1-5-3-7-6(10-2)4-8(5)9/h3-4H,1-2H3. The molecule has 0 aliphatic carbocycles. The fraction of sp³-hybridized carbons (Fsp3) is 0.333. The Labute approximate surface area is 58.7 Å². The lowest BCUT2D eigenvalue weighted by Crippen LogP contribution is -2.29. The first-order chi connectivity index (χ1) is 4.74. The summed E-state index contributed by atoms with van der Waals surface area (Å²) in [7, 11) is 1.47. The first-order valence-electron chi connectivity index (χ1n) is 2.84. The molecule has 0 radical (unpaired) electrons. The van der Waals surface area contributed by atoms with E-state index in [4.69, 9.17) is 4.74 Å². The largest absolute Gasteiger partial charge is 0.618 e. The fourth-order valence-electron chi connectivity index (χ4n) is 0.555. The van der Waals surface area contributed by atoms with E-state index in [1.807, 2.05) is 0 Å². The molecule has 4 heteroatoms. The van der Waals surface area contributed by atoms with Gasteiger partial charge in [-0.15, -0.1) is 0 Å². The van der Waals surface area contributed by atoms with Gasteiger partial charge in [0, 0.05) is 6.92 Å². The zero-order valence-corrected chi connectivity index (χ0v) is 5.87. The van der Waals surface area contributed by atoms with Gasteiger partial charge in [-0.2, -0.15) is 4.73 Å². The summed E-state index contributed by atoms with van der Waals surface area (Å²) in [6, 6.07) is 0. The van der Waals surface area contributed by atoms with Crippen molar-refractivity contribution in [2.45, 2.75) is 6.92 Å². The molecule has 4 nitrogen and oxygen atoms in total. The van der Waals surface area contributed by atoms with Crippen molar-refractivity contribution in [2.75, 3.05) is 7.11 Å². The van der Waals surface area contributed by atoms with E-state index in [-0.39, 0.29) is 0 Å². The van der Waals surface area contributed by atoms with Crippen molar-refractivity contribution < 1.29 is 9.47 Å². The van der Waals surface area contributed by atoms with E-state index in [0.717, 1.165) is 0 Å². The van der Waals surface area contributed by atoms with E-state index in [1.54, 1.807) is 6.92 Å². The predicted molar refractivity (Wildman–Crippen MR) is 34.5 cm³/mol. The van der Waals surface area contributed by atoms with Crippen LogP contribution in [0.2, 0.25) is 0 Å². The van der Waals surface area contributed by atoms with Crippen molar-refractivity contribution in [3.05, 3.63) is 23.3 Å². The molecule has 0 aliphatic rings. The van der Waals surface area contributed by atoms with Gasteiger partial charge in [0.25, 0.3) is 5.88 Å². The summed E-state index contributed by atoms with van der Waals surface area (Å²) in [5.41, 5.74) is 0.556. The zero-order valence-electron chi connectivity index (χ0n) is 5.87. The van der Waals surface area contributed by atoms with Gasteiger partial charge in [0.15, 0.2) is 0 Å². The van der Waals surface area contributed by atoms with Crippen LogP contribution in [0.4, 0.5) is 0 Å². The van der Waals surface area contributed by atoms with Crippen LogP contribution in [0.5, 0.6) is 5.88 Å². The average molecular weight is 140 g/mol. The molecule has 0 amide bonds. The van der Waals surface area contributed by atoms with Gasteiger partial charge < -0.3 is 9.94 Å². The van der Waals surface area contributed by atoms with Crippen molar-refractivity contribution in [1.29, 1.82) is 0 Å². The Morgan fingerprint density at radius 1 is 1.70 bits per heavy atom. The van der Waals surface area contributed by atoms with Crippen LogP contribution in [0.15, 0.2) is 12.4 Å². The van der Waals surface area contributed by atoms with Crippen LogP contribution < -0.4 is 9.47 Å². The summed E-state index contributed by atoms with van der Waals surface area (Å²) >= 11 is 0. The first-order valence-corrected chi connectivity index (χ1v) is 2.84. The normalized spacial score (nSPS) is 9.40. The van der Waals surface area contributed by atoms with Crippen molar-refractivity contribution in [1.82, 2.24) is 4.98 Å². The summed E-state index contributed by atoms with van der Waals surface area (Å²) in [4.78, 5) is 3.81. The number of ether oxygens (including phenoxy) is 1. The van der Waals surface area contributed by atoms with Crippen molar-refractivity contribution in [3.8, 4) is 5.88 Å². The molecule has 0 unspecified atom stereocenters. The number of methoxy groups -OCH3 is 1. The maximum atomic E-state index is 10.8. The monoisotopic (exact) mass is 140 g/mol. The topological polar surface area (TPSA) is 49.1 Å². The number of hydrogen-bond donors (Lipinski definition) is 0. The molecule has 0 aliphatic heterocycles. The van der Waals surface area contributed by atoms with Crippen LogP contribution in [0.3, 0.4) is 0 Å². The lowest BCUT2D eigenvalue weighted by molar-refractivity contribution is -0.613.